The maximum absolute atomic E-state index is 15.7. The van der Waals surface area contributed by atoms with Gasteiger partial charge >= 0.3 is 0 Å². The molecule has 1 aliphatic rings. The molecule has 2 atom stereocenters. The Morgan fingerprint density at radius 3 is 2.62 bits per heavy atom. The van der Waals surface area contributed by atoms with Gasteiger partial charge in [-0.1, -0.05) is 78.1 Å². The number of thioether (sulfide) groups is 1. The van der Waals surface area contributed by atoms with Crippen molar-refractivity contribution in [3.05, 3.63) is 47.3 Å². The van der Waals surface area contributed by atoms with Crippen molar-refractivity contribution in [3.8, 4) is 5.40 Å². The van der Waals surface area contributed by atoms with E-state index in [4.69, 9.17) is 11.6 Å². The Kier molecular flexibility index (Phi) is 15.6. The highest BCUT2D eigenvalue weighted by atomic mass is 35.5. The van der Waals surface area contributed by atoms with Crippen LogP contribution in [-0.2, 0) is 6.67 Å². The predicted molar refractivity (Wildman–Crippen MR) is 156 cm³/mol. The van der Waals surface area contributed by atoms with Crippen LogP contribution in [0.1, 0.15) is 84.5 Å². The highest BCUT2D eigenvalue weighted by Gasteiger charge is 2.28. The number of nitrogens with zero attached hydrogens (tertiary/aromatic N) is 5. The van der Waals surface area contributed by atoms with Crippen molar-refractivity contribution in [2.24, 2.45) is 5.92 Å². The first-order valence-corrected chi connectivity index (χ1v) is 14.3. The summed E-state index contributed by atoms with van der Waals surface area (Å²) in [4.78, 5) is 8.86. The molecule has 0 aliphatic heterocycles. The smallest absolute Gasteiger partial charge is 0.193 e. The van der Waals surface area contributed by atoms with Gasteiger partial charge in [0, 0.05) is 6.04 Å². The van der Waals surface area contributed by atoms with Crippen molar-refractivity contribution in [2.75, 3.05) is 10.6 Å². The Balaban J connectivity index is 0.00000163. The molecule has 1 fully saturated rings. The molecule has 10 heteroatoms. The van der Waals surface area contributed by atoms with Crippen LogP contribution in [0.3, 0.4) is 0 Å². The summed E-state index contributed by atoms with van der Waals surface area (Å²) in [6.45, 7) is 15.8. The number of aromatic nitrogens is 4. The number of allylic oxidation sites excluding steroid dienone is 2. The molecule has 204 valence electrons. The number of nitriles is 1. The van der Waals surface area contributed by atoms with E-state index in [0.717, 1.165) is 43.9 Å². The summed E-state index contributed by atoms with van der Waals surface area (Å²) in [5.41, 5.74) is 0.840. The van der Waals surface area contributed by atoms with Gasteiger partial charge in [0.05, 0.1) is 16.8 Å². The first-order chi connectivity index (χ1) is 18.0. The number of halogens is 2. The van der Waals surface area contributed by atoms with Crippen molar-refractivity contribution >= 4 is 39.9 Å². The zero-order valence-corrected chi connectivity index (χ0v) is 24.5. The van der Waals surface area contributed by atoms with Gasteiger partial charge in [0.15, 0.2) is 11.6 Å². The molecule has 0 bridgehead atoms. The molecule has 0 radical (unpaired) electrons. The fourth-order valence-electron chi connectivity index (χ4n) is 4.27. The van der Waals surface area contributed by atoms with E-state index in [9.17, 15) is 5.26 Å². The average molecular weight is 550 g/mol. The highest BCUT2D eigenvalue weighted by Crippen LogP contribution is 2.35. The van der Waals surface area contributed by atoms with Gasteiger partial charge in [0.2, 0.25) is 0 Å². The lowest BCUT2D eigenvalue weighted by molar-refractivity contribution is 0.305. The summed E-state index contributed by atoms with van der Waals surface area (Å²) >= 11 is 6.77. The zero-order valence-electron chi connectivity index (χ0n) is 22.9. The lowest BCUT2D eigenvalue weighted by Gasteiger charge is -2.32. The molecule has 2 unspecified atom stereocenters. The number of nitrogens with one attached hydrogen (secondary N) is 2. The third-order valence-electron chi connectivity index (χ3n) is 5.76. The molecule has 37 heavy (non-hydrogen) atoms. The molecule has 1 aliphatic carbocycles. The van der Waals surface area contributed by atoms with E-state index in [2.05, 4.69) is 39.2 Å². The summed E-state index contributed by atoms with van der Waals surface area (Å²) in [6, 6.07) is 0.178. The van der Waals surface area contributed by atoms with Crippen LogP contribution in [0.2, 0.25) is 5.15 Å². The van der Waals surface area contributed by atoms with Gasteiger partial charge in [-0.2, -0.15) is 5.26 Å². The average Bonchev–Trinajstić information content (AvgIpc) is 3.21. The summed E-state index contributed by atoms with van der Waals surface area (Å²) < 4.78 is 17.2. The molecule has 2 N–H and O–H groups in total. The third-order valence-corrected chi connectivity index (χ3v) is 6.58. The van der Waals surface area contributed by atoms with Crippen molar-refractivity contribution in [1.29, 1.82) is 5.26 Å². The standard InChI is InChI=1S/C23H29ClFN7S.2C2H6/c1-4-8-16-10-6-7-11-17(16)30-23-20(25)21(18(9-5-2)33-13-26)32(31-23)14-28-22-15(3)29-19(24)12-27-22;2*1-2/h5,9,12,16-17H,2,4,6-8,10-11,14H2,1,3H3,(H,27,28)(H,30,31);2*1-2H3/b18-9-;;. The van der Waals surface area contributed by atoms with Crippen molar-refractivity contribution < 1.29 is 4.39 Å². The number of thiocyanates is 1. The Bertz CT molecular complexity index is 1050. The van der Waals surface area contributed by atoms with E-state index in [0.29, 0.717) is 27.5 Å². The van der Waals surface area contributed by atoms with Gasteiger partial charge in [-0.3, -0.25) is 0 Å². The van der Waals surface area contributed by atoms with E-state index in [1.807, 2.05) is 33.1 Å². The minimum atomic E-state index is -0.479. The Morgan fingerprint density at radius 1 is 1.30 bits per heavy atom. The van der Waals surface area contributed by atoms with Crippen LogP contribution in [0, 0.1) is 29.3 Å². The SMILES string of the molecule is C=C/C=C(\SC#N)c1c(F)c(NC2CCCCC2CCC)nn1CNc1ncc(Cl)nc1C.CC.CC. The molecule has 0 saturated heterocycles. The molecule has 2 aromatic rings. The normalized spacial score (nSPS) is 16.9. The lowest BCUT2D eigenvalue weighted by atomic mass is 9.82. The second-order valence-corrected chi connectivity index (χ2v) is 9.23. The minimum absolute atomic E-state index is 0.134. The van der Waals surface area contributed by atoms with Gasteiger partial charge < -0.3 is 10.6 Å². The number of rotatable bonds is 10. The second kappa shape index (κ2) is 17.8. The van der Waals surface area contributed by atoms with Crippen LogP contribution >= 0.6 is 23.4 Å². The van der Waals surface area contributed by atoms with E-state index in [1.165, 1.54) is 23.4 Å². The molecule has 7 nitrogen and oxygen atoms in total. The largest absolute Gasteiger partial charge is 0.363 e. The third kappa shape index (κ3) is 9.35. The minimum Gasteiger partial charge on any atom is -0.363 e. The zero-order chi connectivity index (χ0) is 27.8. The molecule has 3 rings (SSSR count). The molecule has 2 aromatic heterocycles. The quantitative estimate of drug-likeness (QED) is 0.227. The van der Waals surface area contributed by atoms with Crippen LogP contribution in [0.4, 0.5) is 16.0 Å². The number of anilines is 2. The maximum Gasteiger partial charge on any atom is 0.193 e. The molecular formula is C27H41ClFN7S. The van der Waals surface area contributed by atoms with Gasteiger partial charge in [-0.15, -0.1) is 5.10 Å². The number of aryl methyl sites for hydroxylation is 1. The number of hydrogen-bond acceptors (Lipinski definition) is 7. The summed E-state index contributed by atoms with van der Waals surface area (Å²) in [5, 5.41) is 22.6. The Hall–Kier alpha value is -2.57. The van der Waals surface area contributed by atoms with Gasteiger partial charge in [-0.25, -0.2) is 19.0 Å². The summed E-state index contributed by atoms with van der Waals surface area (Å²) in [6.07, 6.45) is 11.3. The van der Waals surface area contributed by atoms with Gasteiger partial charge in [-0.05, 0) is 49.9 Å². The highest BCUT2D eigenvalue weighted by molar-refractivity contribution is 8.12. The van der Waals surface area contributed by atoms with Crippen LogP contribution in [-0.4, -0.2) is 25.8 Å². The second-order valence-electron chi connectivity index (χ2n) is 8.02. The predicted octanol–water partition coefficient (Wildman–Crippen LogP) is 8.41. The molecule has 0 aromatic carbocycles. The molecule has 0 spiro atoms. The Morgan fingerprint density at radius 2 is 2.00 bits per heavy atom. The van der Waals surface area contributed by atoms with Crippen LogP contribution < -0.4 is 10.6 Å². The Labute approximate surface area is 231 Å². The van der Waals surface area contributed by atoms with E-state index >= 15 is 4.39 Å². The van der Waals surface area contributed by atoms with Crippen LogP contribution in [0.25, 0.3) is 4.91 Å². The van der Waals surface area contributed by atoms with Crippen molar-refractivity contribution in [2.45, 2.75) is 92.8 Å². The van der Waals surface area contributed by atoms with E-state index in [-0.39, 0.29) is 24.2 Å². The monoisotopic (exact) mass is 549 g/mol. The van der Waals surface area contributed by atoms with Gasteiger partial charge in [0.1, 0.15) is 28.7 Å². The van der Waals surface area contributed by atoms with Crippen LogP contribution in [0.5, 0.6) is 0 Å². The number of hydrogen-bond donors (Lipinski definition) is 2. The summed E-state index contributed by atoms with van der Waals surface area (Å²) in [5.74, 6) is 0.742. The van der Waals surface area contributed by atoms with E-state index in [1.54, 1.807) is 13.0 Å². The molecule has 0 amide bonds. The topological polar surface area (TPSA) is 91.5 Å². The molecule has 2 heterocycles. The lowest BCUT2D eigenvalue weighted by Crippen LogP contribution is -2.32. The first kappa shape index (κ1) is 32.5. The molecular weight excluding hydrogens is 509 g/mol. The fraction of sp³-hybridized carbons (Fsp3) is 0.556. The fourth-order valence-corrected chi connectivity index (χ4v) is 5.00. The van der Waals surface area contributed by atoms with Crippen molar-refractivity contribution in [3.63, 3.8) is 0 Å². The van der Waals surface area contributed by atoms with E-state index < -0.39 is 5.82 Å². The maximum atomic E-state index is 15.7. The van der Waals surface area contributed by atoms with Gasteiger partial charge in [0.25, 0.3) is 0 Å². The van der Waals surface area contributed by atoms with Crippen LogP contribution in [0.15, 0.2) is 24.9 Å². The first-order valence-electron chi connectivity index (χ1n) is 13.1. The summed E-state index contributed by atoms with van der Waals surface area (Å²) in [7, 11) is 0. The van der Waals surface area contributed by atoms with Crippen molar-refractivity contribution in [1.82, 2.24) is 19.7 Å². The molecule has 1 saturated carbocycles.